The van der Waals surface area contributed by atoms with Crippen LogP contribution in [0.3, 0.4) is 0 Å². The first-order valence-corrected chi connectivity index (χ1v) is 3.73. The van der Waals surface area contributed by atoms with Gasteiger partial charge in [0.25, 0.3) is 0 Å². The maximum atomic E-state index is 12.2. The van der Waals surface area contributed by atoms with Crippen molar-refractivity contribution in [1.29, 1.82) is 0 Å². The van der Waals surface area contributed by atoms with E-state index in [1.54, 1.807) is 0 Å². The van der Waals surface area contributed by atoms with Crippen LogP contribution in [0.4, 0.5) is 13.2 Å². The Morgan fingerprint density at radius 1 is 1.54 bits per heavy atom. The Hall–Kier alpha value is -0.780. The highest BCUT2D eigenvalue weighted by Gasteiger charge is 2.55. The molecule has 3 N–H and O–H groups in total. The van der Waals surface area contributed by atoms with Gasteiger partial charge in [-0.2, -0.15) is 13.2 Å². The third-order valence-electron chi connectivity index (χ3n) is 2.04. The Balaban J connectivity index is 4.89. The van der Waals surface area contributed by atoms with Gasteiger partial charge in [0.2, 0.25) is 0 Å². The maximum absolute atomic E-state index is 12.2. The van der Waals surface area contributed by atoms with Crippen LogP contribution in [0.25, 0.3) is 0 Å². The summed E-state index contributed by atoms with van der Waals surface area (Å²) in [5.41, 5.74) is 2.27. The number of carbonyl (C=O) groups is 1. The molecule has 13 heavy (non-hydrogen) atoms. The average molecular weight is 199 g/mol. The molecule has 3 nitrogen and oxygen atoms in total. The van der Waals surface area contributed by atoms with E-state index in [9.17, 15) is 18.0 Å². The van der Waals surface area contributed by atoms with Crippen molar-refractivity contribution in [3.8, 4) is 0 Å². The van der Waals surface area contributed by atoms with Gasteiger partial charge in [-0.25, -0.2) is 0 Å². The Bertz CT molecular complexity index is 200. The minimum atomic E-state index is -4.70. The normalized spacial score (nSPS) is 19.2. The summed E-state index contributed by atoms with van der Waals surface area (Å²) in [4.78, 5) is 10.4. The number of hydrogen-bond acceptors (Lipinski definition) is 2. The Morgan fingerprint density at radius 2 is 1.92 bits per heavy atom. The van der Waals surface area contributed by atoms with Gasteiger partial charge in [-0.1, -0.05) is 6.92 Å². The van der Waals surface area contributed by atoms with E-state index in [-0.39, 0.29) is 6.42 Å². The van der Waals surface area contributed by atoms with E-state index >= 15 is 0 Å². The zero-order valence-electron chi connectivity index (χ0n) is 7.35. The van der Waals surface area contributed by atoms with E-state index < -0.39 is 23.6 Å². The van der Waals surface area contributed by atoms with E-state index in [1.807, 2.05) is 0 Å². The molecule has 0 aromatic rings. The van der Waals surface area contributed by atoms with Gasteiger partial charge in [-0.15, -0.1) is 0 Å². The van der Waals surface area contributed by atoms with Crippen molar-refractivity contribution in [3.63, 3.8) is 0 Å². The number of nitrogens with two attached hydrogens (primary N) is 1. The molecular formula is C7H12F3NO2. The molecule has 0 heterocycles. The Labute approximate surface area is 73.7 Å². The van der Waals surface area contributed by atoms with Crippen LogP contribution in [0.1, 0.15) is 20.3 Å². The number of aliphatic carboxylic acids is 1. The number of rotatable bonds is 3. The van der Waals surface area contributed by atoms with Crippen molar-refractivity contribution in [2.45, 2.75) is 32.0 Å². The van der Waals surface area contributed by atoms with Crippen molar-refractivity contribution < 1.29 is 23.1 Å². The molecule has 2 atom stereocenters. The number of hydrogen-bond donors (Lipinski definition) is 2. The van der Waals surface area contributed by atoms with Crippen LogP contribution < -0.4 is 5.73 Å². The van der Waals surface area contributed by atoms with E-state index in [1.165, 1.54) is 6.92 Å². The van der Waals surface area contributed by atoms with E-state index in [2.05, 4.69) is 0 Å². The number of carboxylic acids is 1. The largest absolute Gasteiger partial charge is 0.481 e. The molecule has 0 rings (SSSR count). The SMILES string of the molecule is CCC(C(=O)O)C(C)(N)C(F)(F)F. The van der Waals surface area contributed by atoms with Crippen LogP contribution in [0, 0.1) is 5.92 Å². The molecule has 0 aliphatic rings. The minimum Gasteiger partial charge on any atom is -0.481 e. The first-order valence-electron chi connectivity index (χ1n) is 3.73. The predicted octanol–water partition coefficient (Wildman–Crippen LogP) is 1.38. The molecule has 78 valence electrons. The molecule has 0 spiro atoms. The zero-order valence-corrected chi connectivity index (χ0v) is 7.35. The van der Waals surface area contributed by atoms with Gasteiger partial charge in [0.1, 0.15) is 5.54 Å². The fourth-order valence-corrected chi connectivity index (χ4v) is 1.05. The lowest BCUT2D eigenvalue weighted by Gasteiger charge is -2.32. The van der Waals surface area contributed by atoms with E-state index in [0.717, 1.165) is 0 Å². The van der Waals surface area contributed by atoms with Crippen LogP contribution in [-0.4, -0.2) is 22.8 Å². The standard InChI is InChI=1S/C7H12F3NO2/c1-3-4(5(12)13)6(2,11)7(8,9)10/h4H,3,11H2,1-2H3,(H,12,13). The summed E-state index contributed by atoms with van der Waals surface area (Å²) in [6.07, 6.45) is -4.85. The zero-order chi connectivity index (χ0) is 10.9. The van der Waals surface area contributed by atoms with E-state index in [4.69, 9.17) is 10.8 Å². The lowest BCUT2D eigenvalue weighted by molar-refractivity contribution is -0.202. The summed E-state index contributed by atoms with van der Waals surface area (Å²) in [5, 5.41) is 8.49. The number of alkyl halides is 3. The first kappa shape index (κ1) is 12.2. The molecule has 0 aliphatic heterocycles. The molecule has 0 saturated carbocycles. The number of carboxylic acid groups (broad SMARTS) is 1. The lowest BCUT2D eigenvalue weighted by atomic mass is 9.84. The third kappa shape index (κ3) is 2.33. The van der Waals surface area contributed by atoms with Crippen LogP contribution in [-0.2, 0) is 4.79 Å². The summed E-state index contributed by atoms with van der Waals surface area (Å²) in [6, 6.07) is 0. The van der Waals surface area contributed by atoms with Crippen molar-refractivity contribution in [1.82, 2.24) is 0 Å². The molecule has 6 heteroatoms. The van der Waals surface area contributed by atoms with Crippen LogP contribution in [0.2, 0.25) is 0 Å². The molecular weight excluding hydrogens is 187 g/mol. The molecule has 0 aliphatic carbocycles. The summed E-state index contributed by atoms with van der Waals surface area (Å²) in [6.45, 7) is 2.05. The minimum absolute atomic E-state index is 0.151. The van der Waals surface area contributed by atoms with Gasteiger partial charge in [-0.05, 0) is 13.3 Å². The van der Waals surface area contributed by atoms with E-state index in [0.29, 0.717) is 6.92 Å². The highest BCUT2D eigenvalue weighted by molar-refractivity contribution is 5.71. The fraction of sp³-hybridized carbons (Fsp3) is 0.857. The Kier molecular flexibility index (Phi) is 3.32. The van der Waals surface area contributed by atoms with Gasteiger partial charge >= 0.3 is 12.1 Å². The van der Waals surface area contributed by atoms with Crippen LogP contribution in [0.5, 0.6) is 0 Å². The summed E-state index contributed by atoms with van der Waals surface area (Å²) in [7, 11) is 0. The molecule has 0 saturated heterocycles. The van der Waals surface area contributed by atoms with Gasteiger partial charge in [0.15, 0.2) is 0 Å². The van der Waals surface area contributed by atoms with Crippen LogP contribution in [0.15, 0.2) is 0 Å². The second kappa shape index (κ2) is 3.53. The molecule has 0 amide bonds. The summed E-state index contributed by atoms with van der Waals surface area (Å²) < 4.78 is 36.7. The van der Waals surface area contributed by atoms with Gasteiger partial charge in [0.05, 0.1) is 5.92 Å². The monoisotopic (exact) mass is 199 g/mol. The second-order valence-electron chi connectivity index (χ2n) is 3.08. The van der Waals surface area contributed by atoms with Gasteiger partial charge < -0.3 is 10.8 Å². The summed E-state index contributed by atoms with van der Waals surface area (Å²) >= 11 is 0. The smallest absolute Gasteiger partial charge is 0.406 e. The van der Waals surface area contributed by atoms with Crippen molar-refractivity contribution >= 4 is 5.97 Å². The highest BCUT2D eigenvalue weighted by atomic mass is 19.4. The number of halogens is 3. The molecule has 0 aromatic heterocycles. The fourth-order valence-electron chi connectivity index (χ4n) is 1.05. The van der Waals surface area contributed by atoms with Crippen molar-refractivity contribution in [2.24, 2.45) is 11.7 Å². The van der Waals surface area contributed by atoms with Gasteiger partial charge in [0, 0.05) is 0 Å². The average Bonchev–Trinajstić information content (AvgIpc) is 1.83. The predicted molar refractivity (Wildman–Crippen MR) is 40.1 cm³/mol. The molecule has 2 unspecified atom stereocenters. The maximum Gasteiger partial charge on any atom is 0.406 e. The summed E-state index contributed by atoms with van der Waals surface area (Å²) in [5.74, 6) is -3.13. The van der Waals surface area contributed by atoms with Crippen LogP contribution >= 0.6 is 0 Å². The molecule has 0 aromatic carbocycles. The highest BCUT2D eigenvalue weighted by Crippen LogP contribution is 2.35. The molecule has 0 bridgehead atoms. The second-order valence-corrected chi connectivity index (χ2v) is 3.08. The topological polar surface area (TPSA) is 63.3 Å². The molecule has 0 radical (unpaired) electrons. The Morgan fingerprint density at radius 3 is 2.00 bits per heavy atom. The van der Waals surface area contributed by atoms with Gasteiger partial charge in [-0.3, -0.25) is 4.79 Å². The third-order valence-corrected chi connectivity index (χ3v) is 2.04. The first-order chi connectivity index (χ1) is 5.64. The lowest BCUT2D eigenvalue weighted by Crippen LogP contribution is -2.58. The molecule has 0 fully saturated rings. The quantitative estimate of drug-likeness (QED) is 0.721. The van der Waals surface area contributed by atoms with Crippen molar-refractivity contribution in [3.05, 3.63) is 0 Å². The van der Waals surface area contributed by atoms with Crippen molar-refractivity contribution in [2.75, 3.05) is 0 Å².